The number of hydrogen-bond donors (Lipinski definition) is 1. The SMILES string of the molecule is CCC1(CC)CCN(C(C)(CN)CC(C)C)CC1. The van der Waals surface area contributed by atoms with Gasteiger partial charge in [-0.25, -0.2) is 0 Å². The summed E-state index contributed by atoms with van der Waals surface area (Å²) in [6.45, 7) is 14.9. The van der Waals surface area contributed by atoms with Crippen LogP contribution in [-0.4, -0.2) is 30.1 Å². The van der Waals surface area contributed by atoms with Gasteiger partial charge >= 0.3 is 0 Å². The van der Waals surface area contributed by atoms with Crippen LogP contribution in [0.4, 0.5) is 0 Å². The van der Waals surface area contributed by atoms with Gasteiger partial charge in [0.2, 0.25) is 0 Å². The van der Waals surface area contributed by atoms with Gasteiger partial charge in [-0.2, -0.15) is 0 Å². The number of rotatable bonds is 6. The molecule has 1 rings (SSSR count). The normalized spacial score (nSPS) is 24.2. The first kappa shape index (κ1) is 16.0. The van der Waals surface area contributed by atoms with E-state index in [1.807, 2.05) is 0 Å². The fourth-order valence-corrected chi connectivity index (χ4v) is 3.70. The van der Waals surface area contributed by atoms with E-state index in [-0.39, 0.29) is 5.54 Å². The van der Waals surface area contributed by atoms with Crippen LogP contribution in [0.3, 0.4) is 0 Å². The molecular formula is C16H34N2. The highest BCUT2D eigenvalue weighted by atomic mass is 15.2. The first-order valence-electron chi connectivity index (χ1n) is 7.86. The van der Waals surface area contributed by atoms with Crippen molar-refractivity contribution < 1.29 is 0 Å². The smallest absolute Gasteiger partial charge is 0.0306 e. The molecule has 1 aliphatic heterocycles. The molecule has 108 valence electrons. The molecule has 2 heteroatoms. The van der Waals surface area contributed by atoms with E-state index in [2.05, 4.69) is 39.5 Å². The molecule has 0 aromatic rings. The molecule has 0 bridgehead atoms. The number of hydrogen-bond acceptors (Lipinski definition) is 2. The Kier molecular flexibility index (Phi) is 5.67. The topological polar surface area (TPSA) is 29.3 Å². The zero-order chi connectivity index (χ0) is 13.8. The minimum absolute atomic E-state index is 0.210. The quantitative estimate of drug-likeness (QED) is 0.784. The van der Waals surface area contributed by atoms with Crippen LogP contribution in [0, 0.1) is 11.3 Å². The van der Waals surface area contributed by atoms with Gasteiger partial charge in [0.15, 0.2) is 0 Å². The highest BCUT2D eigenvalue weighted by Crippen LogP contribution is 2.40. The molecule has 0 aliphatic carbocycles. The van der Waals surface area contributed by atoms with E-state index in [0.29, 0.717) is 5.41 Å². The summed E-state index contributed by atoms with van der Waals surface area (Å²) in [7, 11) is 0. The second-order valence-corrected chi connectivity index (χ2v) is 6.99. The van der Waals surface area contributed by atoms with Crippen molar-refractivity contribution in [2.45, 2.75) is 72.3 Å². The Bertz CT molecular complexity index is 235. The highest BCUT2D eigenvalue weighted by Gasteiger charge is 2.38. The van der Waals surface area contributed by atoms with E-state index in [1.54, 1.807) is 0 Å². The molecule has 2 nitrogen and oxygen atoms in total. The van der Waals surface area contributed by atoms with Crippen LogP contribution >= 0.6 is 0 Å². The van der Waals surface area contributed by atoms with Crippen LogP contribution in [0.15, 0.2) is 0 Å². The third-order valence-electron chi connectivity index (χ3n) is 5.38. The van der Waals surface area contributed by atoms with Crippen LogP contribution in [-0.2, 0) is 0 Å². The average molecular weight is 254 g/mol. The van der Waals surface area contributed by atoms with E-state index >= 15 is 0 Å². The largest absolute Gasteiger partial charge is 0.329 e. The van der Waals surface area contributed by atoms with Crippen LogP contribution in [0.1, 0.15) is 66.7 Å². The Morgan fingerprint density at radius 1 is 1.17 bits per heavy atom. The highest BCUT2D eigenvalue weighted by molar-refractivity contribution is 4.93. The lowest BCUT2D eigenvalue weighted by atomic mass is 9.73. The van der Waals surface area contributed by atoms with Gasteiger partial charge in [-0.3, -0.25) is 4.90 Å². The Morgan fingerprint density at radius 2 is 1.67 bits per heavy atom. The molecule has 2 N–H and O–H groups in total. The van der Waals surface area contributed by atoms with Gasteiger partial charge < -0.3 is 5.73 Å². The van der Waals surface area contributed by atoms with Crippen LogP contribution in [0.2, 0.25) is 0 Å². The lowest BCUT2D eigenvalue weighted by Gasteiger charge is -2.49. The predicted molar refractivity (Wildman–Crippen MR) is 80.7 cm³/mol. The lowest BCUT2D eigenvalue weighted by Crippen LogP contribution is -2.56. The zero-order valence-electron chi connectivity index (χ0n) is 13.3. The molecule has 0 saturated carbocycles. The van der Waals surface area contributed by atoms with E-state index < -0.39 is 0 Å². The van der Waals surface area contributed by atoms with Crippen LogP contribution < -0.4 is 5.73 Å². The second-order valence-electron chi connectivity index (χ2n) is 6.99. The van der Waals surface area contributed by atoms with Crippen molar-refractivity contribution in [1.29, 1.82) is 0 Å². The lowest BCUT2D eigenvalue weighted by molar-refractivity contribution is 0.0149. The molecule has 0 amide bonds. The fraction of sp³-hybridized carbons (Fsp3) is 1.00. The monoisotopic (exact) mass is 254 g/mol. The second kappa shape index (κ2) is 6.38. The summed E-state index contributed by atoms with van der Waals surface area (Å²) < 4.78 is 0. The molecule has 1 atom stereocenters. The fourth-order valence-electron chi connectivity index (χ4n) is 3.70. The number of nitrogens with zero attached hydrogens (tertiary/aromatic N) is 1. The Labute approximate surface area is 114 Å². The van der Waals surface area contributed by atoms with E-state index in [9.17, 15) is 0 Å². The molecule has 0 aromatic heterocycles. The molecule has 1 heterocycles. The summed E-state index contributed by atoms with van der Waals surface area (Å²) in [6, 6.07) is 0. The first-order valence-corrected chi connectivity index (χ1v) is 7.86. The summed E-state index contributed by atoms with van der Waals surface area (Å²) in [6.07, 6.45) is 6.60. The zero-order valence-corrected chi connectivity index (χ0v) is 13.3. The number of likely N-dealkylation sites (tertiary alicyclic amines) is 1. The van der Waals surface area contributed by atoms with Crippen molar-refractivity contribution in [3.05, 3.63) is 0 Å². The summed E-state index contributed by atoms with van der Waals surface area (Å²) in [5.41, 5.74) is 6.90. The minimum atomic E-state index is 0.210. The van der Waals surface area contributed by atoms with Crippen molar-refractivity contribution in [1.82, 2.24) is 4.90 Å². The van der Waals surface area contributed by atoms with Crippen molar-refractivity contribution in [2.24, 2.45) is 17.1 Å². The van der Waals surface area contributed by atoms with Crippen LogP contribution in [0.25, 0.3) is 0 Å². The van der Waals surface area contributed by atoms with Crippen LogP contribution in [0.5, 0.6) is 0 Å². The van der Waals surface area contributed by atoms with Crippen molar-refractivity contribution in [3.8, 4) is 0 Å². The van der Waals surface area contributed by atoms with E-state index in [1.165, 1.54) is 45.2 Å². The summed E-state index contributed by atoms with van der Waals surface area (Å²) in [5.74, 6) is 0.725. The Morgan fingerprint density at radius 3 is 2.00 bits per heavy atom. The molecule has 1 unspecified atom stereocenters. The average Bonchev–Trinajstić information content (AvgIpc) is 2.38. The number of nitrogens with two attached hydrogens (primary N) is 1. The van der Waals surface area contributed by atoms with Crippen molar-refractivity contribution in [2.75, 3.05) is 19.6 Å². The molecule has 0 spiro atoms. The van der Waals surface area contributed by atoms with Gasteiger partial charge in [-0.1, -0.05) is 40.5 Å². The molecule has 0 radical (unpaired) electrons. The van der Waals surface area contributed by atoms with Gasteiger partial charge in [0.25, 0.3) is 0 Å². The molecule has 1 fully saturated rings. The van der Waals surface area contributed by atoms with E-state index in [4.69, 9.17) is 5.73 Å². The molecule has 1 aliphatic rings. The molecule has 0 aromatic carbocycles. The first-order chi connectivity index (χ1) is 8.41. The Hall–Kier alpha value is -0.0800. The number of piperidine rings is 1. The third-order valence-corrected chi connectivity index (χ3v) is 5.38. The third kappa shape index (κ3) is 3.48. The molecular weight excluding hydrogens is 220 g/mol. The maximum atomic E-state index is 6.08. The van der Waals surface area contributed by atoms with Gasteiger partial charge in [0.1, 0.15) is 0 Å². The van der Waals surface area contributed by atoms with Crippen molar-refractivity contribution in [3.63, 3.8) is 0 Å². The standard InChI is InChI=1S/C16H34N2/c1-6-16(7-2)8-10-18(11-9-16)15(5,13-17)12-14(3)4/h14H,6-13,17H2,1-5H3. The maximum absolute atomic E-state index is 6.08. The Balaban J connectivity index is 2.65. The summed E-state index contributed by atoms with van der Waals surface area (Å²) in [4.78, 5) is 2.66. The minimum Gasteiger partial charge on any atom is -0.329 e. The predicted octanol–water partition coefficient (Wildman–Crippen LogP) is 3.65. The van der Waals surface area contributed by atoms with Gasteiger partial charge in [-0.15, -0.1) is 0 Å². The maximum Gasteiger partial charge on any atom is 0.0306 e. The van der Waals surface area contributed by atoms with Crippen molar-refractivity contribution >= 4 is 0 Å². The summed E-state index contributed by atoms with van der Waals surface area (Å²) in [5, 5.41) is 0. The summed E-state index contributed by atoms with van der Waals surface area (Å²) >= 11 is 0. The van der Waals surface area contributed by atoms with Gasteiger partial charge in [0.05, 0.1) is 0 Å². The van der Waals surface area contributed by atoms with E-state index in [0.717, 1.165) is 12.5 Å². The molecule has 18 heavy (non-hydrogen) atoms. The van der Waals surface area contributed by atoms with Gasteiger partial charge in [0, 0.05) is 12.1 Å². The molecule has 1 saturated heterocycles. The van der Waals surface area contributed by atoms with Gasteiger partial charge in [-0.05, 0) is 50.6 Å².